The Bertz CT molecular complexity index is 212. The first-order chi connectivity index (χ1) is 7.81. The van der Waals surface area contributed by atoms with Crippen LogP contribution in [0.3, 0.4) is 0 Å². The highest BCUT2D eigenvalue weighted by Crippen LogP contribution is 2.25. The van der Waals surface area contributed by atoms with Gasteiger partial charge in [0.05, 0.1) is 0 Å². The highest BCUT2D eigenvalue weighted by Gasteiger charge is 2.27. The molecule has 0 unspecified atom stereocenters. The minimum atomic E-state index is 0.703. The first-order valence-electron chi connectivity index (χ1n) is 6.30. The number of nitrogens with one attached hydrogen (secondary N) is 2. The van der Waals surface area contributed by atoms with Gasteiger partial charge in [0.2, 0.25) is 5.96 Å². The fraction of sp³-hybridized carbons (Fsp3) is 0.909. The number of rotatable bonds is 7. The van der Waals surface area contributed by atoms with E-state index in [0.29, 0.717) is 5.96 Å². The zero-order chi connectivity index (χ0) is 11.8. The van der Waals surface area contributed by atoms with Crippen LogP contribution in [0.4, 0.5) is 0 Å². The lowest BCUT2D eigenvalue weighted by molar-refractivity contribution is 0.282. The first-order valence-corrected chi connectivity index (χ1v) is 6.30. The van der Waals surface area contributed by atoms with Gasteiger partial charge in [-0.05, 0) is 25.8 Å². The number of hydrogen-bond donors (Lipinski definition) is 3. The van der Waals surface area contributed by atoms with Crippen molar-refractivity contribution in [2.75, 3.05) is 26.2 Å². The second kappa shape index (κ2) is 7.46. The van der Waals surface area contributed by atoms with Crippen LogP contribution in [0.1, 0.15) is 33.1 Å². The Morgan fingerprint density at radius 1 is 1.44 bits per heavy atom. The molecule has 5 heteroatoms. The fourth-order valence-corrected chi connectivity index (χ4v) is 1.73. The van der Waals surface area contributed by atoms with E-state index < -0.39 is 0 Å². The lowest BCUT2D eigenvalue weighted by Gasteiger charge is -2.20. The first kappa shape index (κ1) is 13.3. The van der Waals surface area contributed by atoms with Gasteiger partial charge < -0.3 is 5.32 Å². The summed E-state index contributed by atoms with van der Waals surface area (Å²) in [6.07, 6.45) is 3.76. The molecule has 0 atom stereocenters. The number of nitrogens with two attached hydrogens (primary N) is 1. The summed E-state index contributed by atoms with van der Waals surface area (Å²) < 4.78 is 0. The summed E-state index contributed by atoms with van der Waals surface area (Å²) in [5.41, 5.74) is 2.59. The zero-order valence-corrected chi connectivity index (χ0v) is 10.5. The number of likely N-dealkylation sites (N-methyl/N-ethyl adjacent to an activating group) is 1. The summed E-state index contributed by atoms with van der Waals surface area (Å²) in [5.74, 6) is 6.08. The summed E-state index contributed by atoms with van der Waals surface area (Å²) in [6.45, 7) is 8.22. The van der Waals surface area contributed by atoms with Crippen LogP contribution in [0.15, 0.2) is 4.99 Å². The van der Waals surface area contributed by atoms with Crippen LogP contribution in [0.25, 0.3) is 0 Å². The minimum absolute atomic E-state index is 0.703. The van der Waals surface area contributed by atoms with Crippen LogP contribution in [-0.2, 0) is 0 Å². The van der Waals surface area contributed by atoms with E-state index in [2.05, 4.69) is 34.5 Å². The van der Waals surface area contributed by atoms with E-state index in [0.717, 1.165) is 38.6 Å². The molecule has 0 radical (unpaired) electrons. The molecule has 0 aromatic rings. The molecule has 1 aliphatic rings. The third-order valence-electron chi connectivity index (χ3n) is 2.79. The fourth-order valence-electron chi connectivity index (χ4n) is 1.73. The smallest absolute Gasteiger partial charge is 0.205 e. The predicted octanol–water partition coefficient (Wildman–Crippen LogP) is 0.290. The third kappa shape index (κ3) is 4.81. The lowest BCUT2D eigenvalue weighted by Crippen LogP contribution is -2.45. The average molecular weight is 227 g/mol. The van der Waals surface area contributed by atoms with E-state index in [1.807, 2.05) is 0 Å². The Kier molecular flexibility index (Phi) is 6.18. The van der Waals surface area contributed by atoms with E-state index >= 15 is 0 Å². The number of hydrogen-bond acceptors (Lipinski definition) is 3. The number of hydrazine groups is 1. The Morgan fingerprint density at radius 3 is 2.69 bits per heavy atom. The van der Waals surface area contributed by atoms with Gasteiger partial charge in [0.1, 0.15) is 0 Å². The van der Waals surface area contributed by atoms with E-state index in [1.165, 1.54) is 12.8 Å². The Balaban J connectivity index is 2.16. The summed E-state index contributed by atoms with van der Waals surface area (Å²) in [7, 11) is 0. The molecule has 0 bridgehead atoms. The van der Waals surface area contributed by atoms with E-state index in [-0.39, 0.29) is 0 Å². The van der Waals surface area contributed by atoms with Gasteiger partial charge in [-0.2, -0.15) is 0 Å². The van der Waals surface area contributed by atoms with Gasteiger partial charge in [-0.15, -0.1) is 0 Å². The maximum atomic E-state index is 5.38. The molecule has 0 aliphatic heterocycles. The molecule has 94 valence electrons. The van der Waals surface area contributed by atoms with Crippen LogP contribution in [0.5, 0.6) is 0 Å². The highest BCUT2D eigenvalue weighted by molar-refractivity contribution is 5.79. The summed E-state index contributed by atoms with van der Waals surface area (Å²) in [5, 5.41) is 3.22. The summed E-state index contributed by atoms with van der Waals surface area (Å²) in [4.78, 5) is 6.80. The Labute approximate surface area is 98.4 Å². The maximum absolute atomic E-state index is 5.38. The molecule has 0 aromatic carbocycles. The standard InChI is InChI=1S/C11H25N5/c1-3-7-13-11(15-12)14-8-9-16(4-2)10-5-6-10/h10H,3-9,12H2,1-2H3,(H2,13,14,15). The molecule has 4 N–H and O–H groups in total. The number of nitrogens with zero attached hydrogens (tertiary/aromatic N) is 2. The lowest BCUT2D eigenvalue weighted by atomic mass is 10.4. The van der Waals surface area contributed by atoms with Gasteiger partial charge in [0.15, 0.2) is 0 Å². The third-order valence-corrected chi connectivity index (χ3v) is 2.79. The van der Waals surface area contributed by atoms with Crippen LogP contribution < -0.4 is 16.6 Å². The Hall–Kier alpha value is -0.810. The topological polar surface area (TPSA) is 65.7 Å². The van der Waals surface area contributed by atoms with Crippen molar-refractivity contribution in [3.05, 3.63) is 0 Å². The molecular weight excluding hydrogens is 202 g/mol. The van der Waals surface area contributed by atoms with Gasteiger partial charge in [0.25, 0.3) is 0 Å². The Morgan fingerprint density at radius 2 is 2.19 bits per heavy atom. The molecule has 1 aliphatic carbocycles. The molecule has 0 amide bonds. The molecule has 0 spiro atoms. The van der Waals surface area contributed by atoms with Crippen molar-refractivity contribution in [1.29, 1.82) is 0 Å². The summed E-state index contributed by atoms with van der Waals surface area (Å²) in [6, 6.07) is 0.827. The monoisotopic (exact) mass is 227 g/mol. The van der Waals surface area contributed by atoms with Crippen LogP contribution >= 0.6 is 0 Å². The molecular formula is C11H25N5. The van der Waals surface area contributed by atoms with Gasteiger partial charge in [-0.25, -0.2) is 5.84 Å². The zero-order valence-electron chi connectivity index (χ0n) is 10.5. The van der Waals surface area contributed by atoms with Crippen molar-refractivity contribution < 1.29 is 0 Å². The molecule has 5 nitrogen and oxygen atoms in total. The predicted molar refractivity (Wildman–Crippen MR) is 68.2 cm³/mol. The quantitative estimate of drug-likeness (QED) is 0.253. The minimum Gasteiger partial charge on any atom is -0.354 e. The van der Waals surface area contributed by atoms with Gasteiger partial charge in [0, 0.05) is 25.7 Å². The second-order valence-electron chi connectivity index (χ2n) is 4.16. The van der Waals surface area contributed by atoms with Crippen LogP contribution in [-0.4, -0.2) is 43.1 Å². The van der Waals surface area contributed by atoms with Crippen molar-refractivity contribution in [2.45, 2.75) is 39.2 Å². The second-order valence-corrected chi connectivity index (χ2v) is 4.16. The van der Waals surface area contributed by atoms with Crippen LogP contribution in [0, 0.1) is 0 Å². The molecule has 0 heterocycles. The van der Waals surface area contributed by atoms with Crippen molar-refractivity contribution >= 4 is 5.96 Å². The van der Waals surface area contributed by atoms with E-state index in [4.69, 9.17) is 5.84 Å². The molecule has 0 aromatic heterocycles. The van der Waals surface area contributed by atoms with Crippen molar-refractivity contribution in [3.63, 3.8) is 0 Å². The largest absolute Gasteiger partial charge is 0.354 e. The van der Waals surface area contributed by atoms with Gasteiger partial charge >= 0.3 is 0 Å². The summed E-state index contributed by atoms with van der Waals surface area (Å²) >= 11 is 0. The van der Waals surface area contributed by atoms with Gasteiger partial charge in [-0.3, -0.25) is 15.3 Å². The maximum Gasteiger partial charge on any atom is 0.205 e. The normalized spacial score (nSPS) is 16.6. The van der Waals surface area contributed by atoms with Crippen molar-refractivity contribution in [2.24, 2.45) is 10.8 Å². The van der Waals surface area contributed by atoms with Crippen molar-refractivity contribution in [3.8, 4) is 0 Å². The van der Waals surface area contributed by atoms with Crippen LogP contribution in [0.2, 0.25) is 0 Å². The molecule has 1 rings (SSSR count). The average Bonchev–Trinajstić information content (AvgIpc) is 3.12. The highest BCUT2D eigenvalue weighted by atomic mass is 15.3. The van der Waals surface area contributed by atoms with E-state index in [9.17, 15) is 0 Å². The molecule has 1 saturated carbocycles. The van der Waals surface area contributed by atoms with E-state index in [1.54, 1.807) is 0 Å². The SMILES string of the molecule is CCCN=C(NN)NCCN(CC)C1CC1. The number of aliphatic imine (C=N–C) groups is 1. The number of guanidine groups is 1. The molecule has 1 fully saturated rings. The van der Waals surface area contributed by atoms with Crippen molar-refractivity contribution in [1.82, 2.24) is 15.6 Å². The molecule has 0 saturated heterocycles. The molecule has 16 heavy (non-hydrogen) atoms. The van der Waals surface area contributed by atoms with Gasteiger partial charge in [-0.1, -0.05) is 13.8 Å².